The van der Waals surface area contributed by atoms with Crippen molar-refractivity contribution in [3.05, 3.63) is 0 Å². The van der Waals surface area contributed by atoms with Crippen LogP contribution in [0, 0.1) is 11.8 Å². The Kier molecular flexibility index (Phi) is 5.74. The molecular formula is C17H32NO4+. The fraction of sp³-hybridized carbons (Fsp3) is 1.00. The molecule has 4 atom stereocenters. The Bertz CT molecular complexity index is 346. The first-order valence-electron chi connectivity index (χ1n) is 8.93. The van der Waals surface area contributed by atoms with Gasteiger partial charge < -0.3 is 23.8 Å². The van der Waals surface area contributed by atoms with Crippen LogP contribution in [-0.2, 0) is 14.2 Å². The summed E-state index contributed by atoms with van der Waals surface area (Å²) in [4.78, 5) is 0. The lowest BCUT2D eigenvalue weighted by Gasteiger charge is -2.38. The molecule has 3 rings (SSSR count). The lowest BCUT2D eigenvalue weighted by molar-refractivity contribution is -0.919. The zero-order chi connectivity index (χ0) is 15.4. The molecule has 5 heteroatoms. The number of aliphatic hydroxyl groups excluding tert-OH is 1. The Labute approximate surface area is 134 Å². The molecule has 2 bridgehead atoms. The van der Waals surface area contributed by atoms with Gasteiger partial charge >= 0.3 is 0 Å². The highest BCUT2D eigenvalue weighted by atomic mass is 16.5. The fourth-order valence-corrected chi connectivity index (χ4v) is 4.40. The first-order chi connectivity index (χ1) is 10.6. The average Bonchev–Trinajstić information content (AvgIpc) is 3.09. The third-order valence-electron chi connectivity index (χ3n) is 5.75. The molecule has 2 aliphatic carbocycles. The summed E-state index contributed by atoms with van der Waals surface area (Å²) in [6.45, 7) is 5.96. The zero-order valence-corrected chi connectivity index (χ0v) is 13.9. The minimum Gasteiger partial charge on any atom is -0.385 e. The van der Waals surface area contributed by atoms with E-state index in [2.05, 4.69) is 7.05 Å². The number of hydrogen-bond donors (Lipinski definition) is 1. The molecule has 1 heterocycles. The van der Waals surface area contributed by atoms with E-state index >= 15 is 0 Å². The standard InChI is InChI=1S/C17H32NO4/c1-18(4-6-20-7-5-18)12-16(19)13-21-8-9-22-17-11-14-2-3-15(17)10-14/h14-17,19H,2-13H2,1H3/q+1. The fourth-order valence-electron chi connectivity index (χ4n) is 4.40. The van der Waals surface area contributed by atoms with Crippen molar-refractivity contribution in [3.63, 3.8) is 0 Å². The van der Waals surface area contributed by atoms with Crippen LogP contribution >= 0.6 is 0 Å². The Morgan fingerprint density at radius 2 is 2.00 bits per heavy atom. The molecule has 0 spiro atoms. The Morgan fingerprint density at radius 1 is 1.18 bits per heavy atom. The number of ether oxygens (including phenoxy) is 3. The molecule has 4 unspecified atom stereocenters. The molecular weight excluding hydrogens is 282 g/mol. The number of fused-ring (bicyclic) bond motifs is 2. The van der Waals surface area contributed by atoms with E-state index in [1.807, 2.05) is 0 Å². The van der Waals surface area contributed by atoms with Gasteiger partial charge in [-0.05, 0) is 37.5 Å². The molecule has 0 aromatic heterocycles. The second-order valence-electron chi connectivity index (χ2n) is 7.67. The van der Waals surface area contributed by atoms with E-state index in [9.17, 15) is 5.11 Å². The first kappa shape index (κ1) is 16.7. The Hall–Kier alpha value is -0.200. The maximum absolute atomic E-state index is 10.1. The Balaban J connectivity index is 1.24. The van der Waals surface area contributed by atoms with E-state index in [1.54, 1.807) is 0 Å². The highest BCUT2D eigenvalue weighted by Crippen LogP contribution is 2.45. The van der Waals surface area contributed by atoms with E-state index in [0.717, 1.165) is 49.2 Å². The summed E-state index contributed by atoms with van der Waals surface area (Å²) < 4.78 is 17.8. The average molecular weight is 314 g/mol. The summed E-state index contributed by atoms with van der Waals surface area (Å²) in [6.07, 6.45) is 5.48. The van der Waals surface area contributed by atoms with Gasteiger partial charge in [-0.1, -0.05) is 0 Å². The van der Waals surface area contributed by atoms with Crippen LogP contribution in [0.4, 0.5) is 0 Å². The van der Waals surface area contributed by atoms with Crippen molar-refractivity contribution < 1.29 is 23.8 Å². The van der Waals surface area contributed by atoms with Crippen LogP contribution in [0.25, 0.3) is 0 Å². The van der Waals surface area contributed by atoms with Crippen molar-refractivity contribution in [2.75, 3.05) is 59.7 Å². The molecule has 1 saturated heterocycles. The topological polar surface area (TPSA) is 47.9 Å². The number of quaternary nitrogens is 1. The molecule has 0 aromatic rings. The summed E-state index contributed by atoms with van der Waals surface area (Å²) in [7, 11) is 2.18. The van der Waals surface area contributed by atoms with Crippen LogP contribution in [-0.4, -0.2) is 81.5 Å². The van der Waals surface area contributed by atoms with Gasteiger partial charge in [0.25, 0.3) is 0 Å². The monoisotopic (exact) mass is 314 g/mol. The van der Waals surface area contributed by atoms with Crippen LogP contribution in [0.15, 0.2) is 0 Å². The summed E-state index contributed by atoms with van der Waals surface area (Å²) in [5, 5.41) is 10.1. The van der Waals surface area contributed by atoms with Gasteiger partial charge in [0, 0.05) is 0 Å². The number of nitrogens with zero attached hydrogens (tertiary/aromatic N) is 1. The van der Waals surface area contributed by atoms with Gasteiger partial charge in [-0.3, -0.25) is 0 Å². The molecule has 2 saturated carbocycles. The van der Waals surface area contributed by atoms with Gasteiger partial charge in [-0.15, -0.1) is 0 Å². The second-order valence-corrected chi connectivity index (χ2v) is 7.67. The number of morpholine rings is 1. The largest absolute Gasteiger partial charge is 0.385 e. The van der Waals surface area contributed by atoms with Crippen molar-refractivity contribution in [3.8, 4) is 0 Å². The minimum absolute atomic E-state index is 0.398. The highest BCUT2D eigenvalue weighted by molar-refractivity contribution is 4.90. The van der Waals surface area contributed by atoms with Crippen molar-refractivity contribution in [2.45, 2.75) is 37.9 Å². The van der Waals surface area contributed by atoms with Crippen LogP contribution in [0.2, 0.25) is 0 Å². The maximum atomic E-state index is 10.1. The van der Waals surface area contributed by atoms with Gasteiger partial charge in [0.2, 0.25) is 0 Å². The number of hydrogen-bond acceptors (Lipinski definition) is 4. The van der Waals surface area contributed by atoms with Crippen LogP contribution in [0.1, 0.15) is 25.7 Å². The van der Waals surface area contributed by atoms with Crippen molar-refractivity contribution in [2.24, 2.45) is 11.8 Å². The predicted octanol–water partition coefficient (Wildman–Crippen LogP) is 1.05. The zero-order valence-electron chi connectivity index (χ0n) is 13.9. The minimum atomic E-state index is -0.398. The number of likely N-dealkylation sites (N-methyl/N-ethyl adjacent to an activating group) is 1. The summed E-state index contributed by atoms with van der Waals surface area (Å²) in [5.41, 5.74) is 0. The van der Waals surface area contributed by atoms with Crippen LogP contribution < -0.4 is 0 Å². The molecule has 1 aliphatic heterocycles. The summed E-state index contributed by atoms with van der Waals surface area (Å²) >= 11 is 0. The lowest BCUT2D eigenvalue weighted by Crippen LogP contribution is -2.55. The molecule has 0 aromatic carbocycles. The molecule has 3 aliphatic rings. The van der Waals surface area contributed by atoms with Gasteiger partial charge in [0.15, 0.2) is 0 Å². The SMILES string of the molecule is C[N+]1(CC(O)COCCOC2CC3CCC2C3)CCOCC1. The van der Waals surface area contributed by atoms with Crippen molar-refractivity contribution >= 4 is 0 Å². The lowest BCUT2D eigenvalue weighted by atomic mass is 9.98. The van der Waals surface area contributed by atoms with Gasteiger partial charge in [0.05, 0.1) is 46.2 Å². The van der Waals surface area contributed by atoms with Crippen molar-refractivity contribution in [1.29, 1.82) is 0 Å². The molecule has 128 valence electrons. The Morgan fingerprint density at radius 3 is 2.68 bits per heavy atom. The predicted molar refractivity (Wildman–Crippen MR) is 83.6 cm³/mol. The molecule has 0 amide bonds. The molecule has 3 fully saturated rings. The van der Waals surface area contributed by atoms with E-state index < -0.39 is 6.10 Å². The van der Waals surface area contributed by atoms with Gasteiger partial charge in [-0.2, -0.15) is 0 Å². The maximum Gasteiger partial charge on any atom is 0.126 e. The third-order valence-corrected chi connectivity index (χ3v) is 5.75. The van der Waals surface area contributed by atoms with E-state index in [4.69, 9.17) is 14.2 Å². The highest BCUT2D eigenvalue weighted by Gasteiger charge is 2.40. The molecule has 0 radical (unpaired) electrons. The summed E-state index contributed by atoms with van der Waals surface area (Å²) in [5.74, 6) is 1.73. The summed E-state index contributed by atoms with van der Waals surface area (Å²) in [6, 6.07) is 0. The van der Waals surface area contributed by atoms with E-state index in [-0.39, 0.29) is 0 Å². The second kappa shape index (κ2) is 7.58. The van der Waals surface area contributed by atoms with E-state index in [0.29, 0.717) is 25.9 Å². The number of rotatable bonds is 8. The first-order valence-corrected chi connectivity index (χ1v) is 8.93. The van der Waals surface area contributed by atoms with Crippen LogP contribution in [0.5, 0.6) is 0 Å². The smallest absolute Gasteiger partial charge is 0.126 e. The quantitative estimate of drug-likeness (QED) is 0.537. The third kappa shape index (κ3) is 4.42. The van der Waals surface area contributed by atoms with Gasteiger partial charge in [0.1, 0.15) is 25.7 Å². The van der Waals surface area contributed by atoms with Gasteiger partial charge in [-0.25, -0.2) is 0 Å². The molecule has 22 heavy (non-hydrogen) atoms. The van der Waals surface area contributed by atoms with Crippen molar-refractivity contribution in [1.82, 2.24) is 0 Å². The molecule has 5 nitrogen and oxygen atoms in total. The van der Waals surface area contributed by atoms with E-state index in [1.165, 1.54) is 25.7 Å². The number of aliphatic hydroxyl groups is 1. The molecule has 1 N–H and O–H groups in total. The normalized spacial score (nSPS) is 34.9. The van der Waals surface area contributed by atoms with Crippen LogP contribution in [0.3, 0.4) is 0 Å².